The second-order valence-corrected chi connectivity index (χ2v) is 9.79. The molecule has 2 saturated carbocycles. The van der Waals surface area contributed by atoms with Gasteiger partial charge in [0.25, 0.3) is 0 Å². The zero-order valence-corrected chi connectivity index (χ0v) is 14.7. The smallest absolute Gasteiger partial charge is 0.246 e. The van der Waals surface area contributed by atoms with Gasteiger partial charge in [0.15, 0.2) is 0 Å². The molecule has 0 spiro atoms. The molecule has 0 radical (unpaired) electrons. The van der Waals surface area contributed by atoms with Gasteiger partial charge in [0, 0.05) is 5.92 Å². The van der Waals surface area contributed by atoms with Crippen molar-refractivity contribution >= 4 is 43.7 Å². The van der Waals surface area contributed by atoms with Gasteiger partial charge in [0.2, 0.25) is 11.8 Å². The number of rotatable bonds is 3. The van der Waals surface area contributed by atoms with E-state index in [1.54, 1.807) is 0 Å². The SMILES string of the molecule is C[C@]1(C(=O)NNC(=O)[C@@H]2C[C@H]2c2ccccc2)CC1(Br)Br. The van der Waals surface area contributed by atoms with Crippen LogP contribution in [-0.4, -0.2) is 15.0 Å². The molecule has 6 heteroatoms. The summed E-state index contributed by atoms with van der Waals surface area (Å²) in [5, 5.41) is 0. The molecule has 2 amide bonds. The van der Waals surface area contributed by atoms with E-state index in [4.69, 9.17) is 0 Å². The number of benzene rings is 1. The number of halogens is 2. The van der Waals surface area contributed by atoms with E-state index in [2.05, 4.69) is 42.7 Å². The van der Waals surface area contributed by atoms with Gasteiger partial charge >= 0.3 is 0 Å². The van der Waals surface area contributed by atoms with E-state index >= 15 is 0 Å². The van der Waals surface area contributed by atoms with Crippen molar-refractivity contribution < 1.29 is 9.59 Å². The summed E-state index contributed by atoms with van der Waals surface area (Å²) in [6, 6.07) is 9.98. The highest BCUT2D eigenvalue weighted by Crippen LogP contribution is 2.66. The minimum atomic E-state index is -0.525. The molecule has 112 valence electrons. The molecule has 3 rings (SSSR count). The van der Waals surface area contributed by atoms with Crippen molar-refractivity contribution in [2.75, 3.05) is 0 Å². The molecule has 2 aliphatic carbocycles. The van der Waals surface area contributed by atoms with E-state index in [1.165, 1.54) is 5.56 Å². The van der Waals surface area contributed by atoms with Crippen LogP contribution >= 0.6 is 31.9 Å². The number of carbonyl (C=O) groups is 2. The Labute approximate surface area is 140 Å². The number of hydrogen-bond acceptors (Lipinski definition) is 2. The first-order valence-corrected chi connectivity index (χ1v) is 8.47. The van der Waals surface area contributed by atoms with Crippen LogP contribution in [-0.2, 0) is 9.59 Å². The monoisotopic (exact) mass is 414 g/mol. The molecule has 0 unspecified atom stereocenters. The highest BCUT2D eigenvalue weighted by Gasteiger charge is 2.66. The standard InChI is InChI=1S/C15H16Br2N2O2/c1-14(8-15(14,16)17)13(21)19-18-12(20)11-7-10(11)9-5-3-2-4-6-9/h2-6,10-11H,7-8H2,1H3,(H,18,20)(H,19,21)/t10-,11+,14+/m0/s1. The summed E-state index contributed by atoms with van der Waals surface area (Å²) in [6.45, 7) is 1.85. The van der Waals surface area contributed by atoms with Crippen LogP contribution in [0.1, 0.15) is 31.2 Å². The molecule has 0 saturated heterocycles. The van der Waals surface area contributed by atoms with Crippen LogP contribution in [0.2, 0.25) is 0 Å². The van der Waals surface area contributed by atoms with Crippen molar-refractivity contribution in [1.82, 2.24) is 10.9 Å². The summed E-state index contributed by atoms with van der Waals surface area (Å²) in [4.78, 5) is 24.1. The Kier molecular flexibility index (Phi) is 3.64. The van der Waals surface area contributed by atoms with E-state index in [-0.39, 0.29) is 26.9 Å². The Morgan fingerprint density at radius 3 is 2.38 bits per heavy atom. The fourth-order valence-corrected chi connectivity index (χ4v) is 4.03. The largest absolute Gasteiger partial charge is 0.273 e. The number of nitrogens with one attached hydrogen (secondary N) is 2. The van der Waals surface area contributed by atoms with E-state index in [1.807, 2.05) is 37.3 Å². The van der Waals surface area contributed by atoms with E-state index in [9.17, 15) is 9.59 Å². The Bertz CT molecular complexity index is 591. The zero-order valence-electron chi connectivity index (χ0n) is 11.5. The van der Waals surface area contributed by atoms with Crippen LogP contribution in [0, 0.1) is 11.3 Å². The van der Waals surface area contributed by atoms with Crippen molar-refractivity contribution in [1.29, 1.82) is 0 Å². The lowest BCUT2D eigenvalue weighted by Gasteiger charge is -2.13. The molecule has 0 aromatic heterocycles. The lowest BCUT2D eigenvalue weighted by molar-refractivity contribution is -0.132. The maximum absolute atomic E-state index is 12.1. The lowest BCUT2D eigenvalue weighted by atomic mass is 10.1. The maximum atomic E-state index is 12.1. The molecular formula is C15H16Br2N2O2. The third kappa shape index (κ3) is 2.75. The van der Waals surface area contributed by atoms with Gasteiger partial charge in [0.05, 0.1) is 8.65 Å². The first-order valence-electron chi connectivity index (χ1n) is 6.88. The first kappa shape index (κ1) is 15.0. The van der Waals surface area contributed by atoms with Gasteiger partial charge in [-0.25, -0.2) is 0 Å². The van der Waals surface area contributed by atoms with Crippen molar-refractivity contribution in [2.45, 2.75) is 28.9 Å². The zero-order chi connectivity index (χ0) is 15.3. The summed E-state index contributed by atoms with van der Waals surface area (Å²) < 4.78 is -0.353. The van der Waals surface area contributed by atoms with Gasteiger partial charge in [-0.15, -0.1) is 0 Å². The van der Waals surface area contributed by atoms with Crippen molar-refractivity contribution in [2.24, 2.45) is 11.3 Å². The van der Waals surface area contributed by atoms with Gasteiger partial charge in [-0.3, -0.25) is 20.4 Å². The molecule has 2 aliphatic rings. The van der Waals surface area contributed by atoms with E-state index in [0.717, 1.165) is 6.42 Å². The normalized spacial score (nSPS) is 32.1. The number of amides is 2. The molecule has 0 heterocycles. The summed E-state index contributed by atoms with van der Waals surface area (Å²) >= 11 is 6.88. The Morgan fingerprint density at radius 1 is 1.19 bits per heavy atom. The van der Waals surface area contributed by atoms with E-state index in [0.29, 0.717) is 6.42 Å². The molecule has 2 fully saturated rings. The summed E-state index contributed by atoms with van der Waals surface area (Å²) in [5.74, 6) is -0.0684. The number of hydrazine groups is 1. The third-order valence-electron chi connectivity index (χ3n) is 4.41. The molecule has 0 aliphatic heterocycles. The fourth-order valence-electron chi connectivity index (χ4n) is 2.55. The molecule has 4 nitrogen and oxygen atoms in total. The molecule has 1 aromatic carbocycles. The molecule has 3 atom stereocenters. The highest BCUT2D eigenvalue weighted by atomic mass is 79.9. The summed E-state index contributed by atoms with van der Waals surface area (Å²) in [5.41, 5.74) is 5.74. The average Bonchev–Trinajstić information content (AvgIpc) is 3.33. The van der Waals surface area contributed by atoms with Crippen LogP contribution in [0.4, 0.5) is 0 Å². The number of alkyl halides is 2. The van der Waals surface area contributed by atoms with Gasteiger partial charge in [0.1, 0.15) is 0 Å². The Morgan fingerprint density at radius 2 is 1.81 bits per heavy atom. The Balaban J connectivity index is 1.50. The average molecular weight is 416 g/mol. The summed E-state index contributed by atoms with van der Waals surface area (Å²) in [7, 11) is 0. The predicted molar refractivity (Wildman–Crippen MR) is 86.9 cm³/mol. The third-order valence-corrected chi connectivity index (χ3v) is 6.72. The number of hydrogen-bond donors (Lipinski definition) is 2. The fraction of sp³-hybridized carbons (Fsp3) is 0.467. The van der Waals surface area contributed by atoms with Gasteiger partial charge in [-0.1, -0.05) is 62.2 Å². The predicted octanol–water partition coefficient (Wildman–Crippen LogP) is 2.83. The molecular weight excluding hydrogens is 400 g/mol. The van der Waals surface area contributed by atoms with Gasteiger partial charge < -0.3 is 0 Å². The Hall–Kier alpha value is -0.880. The maximum Gasteiger partial charge on any atom is 0.246 e. The minimum absolute atomic E-state index is 0.0441. The van der Waals surface area contributed by atoms with Crippen LogP contribution in [0.5, 0.6) is 0 Å². The van der Waals surface area contributed by atoms with Crippen LogP contribution < -0.4 is 10.9 Å². The first-order chi connectivity index (χ1) is 9.85. The minimum Gasteiger partial charge on any atom is -0.273 e. The van der Waals surface area contributed by atoms with Gasteiger partial charge in [-0.2, -0.15) is 0 Å². The van der Waals surface area contributed by atoms with Crippen LogP contribution in [0.15, 0.2) is 30.3 Å². The van der Waals surface area contributed by atoms with Crippen molar-refractivity contribution in [3.8, 4) is 0 Å². The highest BCUT2D eigenvalue weighted by molar-refractivity contribution is 9.25. The number of carbonyl (C=O) groups excluding carboxylic acids is 2. The van der Waals surface area contributed by atoms with Crippen LogP contribution in [0.25, 0.3) is 0 Å². The molecule has 1 aromatic rings. The van der Waals surface area contributed by atoms with Gasteiger partial charge in [-0.05, 0) is 31.2 Å². The molecule has 0 bridgehead atoms. The summed E-state index contributed by atoms with van der Waals surface area (Å²) in [6.07, 6.45) is 1.53. The topological polar surface area (TPSA) is 58.2 Å². The molecule has 2 N–H and O–H groups in total. The van der Waals surface area contributed by atoms with Crippen LogP contribution in [0.3, 0.4) is 0 Å². The van der Waals surface area contributed by atoms with Crippen molar-refractivity contribution in [3.05, 3.63) is 35.9 Å². The molecule has 21 heavy (non-hydrogen) atoms. The second kappa shape index (κ2) is 5.09. The quantitative estimate of drug-likeness (QED) is 0.589. The lowest BCUT2D eigenvalue weighted by Crippen LogP contribution is -2.46. The van der Waals surface area contributed by atoms with E-state index < -0.39 is 5.41 Å². The van der Waals surface area contributed by atoms with Crippen molar-refractivity contribution in [3.63, 3.8) is 0 Å². The second-order valence-electron chi connectivity index (χ2n) is 6.02.